The second-order valence-corrected chi connectivity index (χ2v) is 7.36. The molecule has 0 aliphatic carbocycles. The van der Waals surface area contributed by atoms with Crippen LogP contribution in [0.5, 0.6) is 5.75 Å². The minimum Gasteiger partial charge on any atom is -0.496 e. The number of benzene rings is 1. The highest BCUT2D eigenvalue weighted by Crippen LogP contribution is 2.32. The number of nitrogens with two attached hydrogens (primary N) is 1. The predicted molar refractivity (Wildman–Crippen MR) is 102 cm³/mol. The standard InChI is InChI=1S/C16H19N5O2S2/c1-9(7-22)18-13-12-14(19-15(17)25-12)21-16(20-13)24-8-10-5-3-4-6-11(10)23-2/h3-6,9,22H,7-8H2,1-2H3,(H3,17,18,19,20,21)/t9-/m1/s1. The fourth-order valence-corrected chi connectivity index (χ4v) is 3.78. The van der Waals surface area contributed by atoms with Crippen molar-refractivity contribution in [1.82, 2.24) is 15.0 Å². The van der Waals surface area contributed by atoms with E-state index >= 15 is 0 Å². The van der Waals surface area contributed by atoms with Crippen LogP contribution in [0.15, 0.2) is 29.4 Å². The Bertz CT molecular complexity index is 871. The lowest BCUT2D eigenvalue weighted by molar-refractivity contribution is 0.281. The highest BCUT2D eigenvalue weighted by atomic mass is 32.2. The highest BCUT2D eigenvalue weighted by Gasteiger charge is 2.15. The van der Waals surface area contributed by atoms with E-state index in [-0.39, 0.29) is 12.6 Å². The number of para-hydroxylation sites is 1. The van der Waals surface area contributed by atoms with Crippen LogP contribution in [-0.2, 0) is 5.75 Å². The van der Waals surface area contributed by atoms with E-state index < -0.39 is 0 Å². The van der Waals surface area contributed by atoms with Crippen molar-refractivity contribution in [2.75, 3.05) is 24.8 Å². The number of nitrogens with one attached hydrogen (secondary N) is 1. The fraction of sp³-hybridized carbons (Fsp3) is 0.312. The summed E-state index contributed by atoms with van der Waals surface area (Å²) in [7, 11) is 1.66. The number of methoxy groups -OCH3 is 1. The third kappa shape index (κ3) is 4.12. The largest absolute Gasteiger partial charge is 0.496 e. The van der Waals surface area contributed by atoms with E-state index in [0.717, 1.165) is 16.0 Å². The molecule has 4 N–H and O–H groups in total. The van der Waals surface area contributed by atoms with Gasteiger partial charge >= 0.3 is 0 Å². The number of nitrogens with zero attached hydrogens (tertiary/aromatic N) is 3. The molecule has 1 atom stereocenters. The molecular formula is C16H19N5O2S2. The smallest absolute Gasteiger partial charge is 0.191 e. The zero-order chi connectivity index (χ0) is 17.8. The first-order chi connectivity index (χ1) is 12.1. The summed E-state index contributed by atoms with van der Waals surface area (Å²) in [6.07, 6.45) is 0. The second-order valence-electron chi connectivity index (χ2n) is 5.39. The summed E-state index contributed by atoms with van der Waals surface area (Å²) in [5.41, 5.74) is 7.44. The van der Waals surface area contributed by atoms with E-state index in [0.29, 0.717) is 27.5 Å². The summed E-state index contributed by atoms with van der Waals surface area (Å²) in [5.74, 6) is 2.15. The number of aromatic nitrogens is 3. The number of fused-ring (bicyclic) bond motifs is 1. The van der Waals surface area contributed by atoms with Crippen molar-refractivity contribution < 1.29 is 9.84 Å². The van der Waals surface area contributed by atoms with Gasteiger partial charge in [-0.05, 0) is 13.0 Å². The fourth-order valence-electron chi connectivity index (χ4n) is 2.23. The molecule has 3 rings (SSSR count). The summed E-state index contributed by atoms with van der Waals surface area (Å²) in [6.45, 7) is 1.88. The minimum absolute atomic E-state index is 0.00344. The number of anilines is 2. The molecule has 3 aromatic rings. The molecule has 0 amide bonds. The van der Waals surface area contributed by atoms with Crippen molar-refractivity contribution in [2.45, 2.75) is 23.9 Å². The number of aliphatic hydroxyl groups is 1. The summed E-state index contributed by atoms with van der Waals surface area (Å²) in [5, 5.41) is 13.5. The van der Waals surface area contributed by atoms with Gasteiger partial charge < -0.3 is 20.9 Å². The van der Waals surface area contributed by atoms with Crippen LogP contribution in [0.2, 0.25) is 0 Å². The number of hydrogen-bond donors (Lipinski definition) is 3. The van der Waals surface area contributed by atoms with Gasteiger partial charge in [0.25, 0.3) is 0 Å². The van der Waals surface area contributed by atoms with Gasteiger partial charge in [0.05, 0.1) is 13.7 Å². The zero-order valence-electron chi connectivity index (χ0n) is 13.9. The predicted octanol–water partition coefficient (Wildman–Crippen LogP) is 2.76. The van der Waals surface area contributed by atoms with Crippen LogP contribution in [0.25, 0.3) is 10.3 Å². The maximum Gasteiger partial charge on any atom is 0.191 e. The van der Waals surface area contributed by atoms with E-state index in [1.165, 1.54) is 23.1 Å². The van der Waals surface area contributed by atoms with Crippen molar-refractivity contribution in [3.8, 4) is 5.75 Å². The topological polar surface area (TPSA) is 106 Å². The number of thiazole rings is 1. The Hall–Kier alpha value is -2.10. The average Bonchev–Trinajstić information content (AvgIpc) is 3.00. The molecule has 9 heteroatoms. The van der Waals surface area contributed by atoms with Crippen molar-refractivity contribution in [2.24, 2.45) is 0 Å². The van der Waals surface area contributed by atoms with Crippen molar-refractivity contribution in [3.63, 3.8) is 0 Å². The first-order valence-corrected chi connectivity index (χ1v) is 9.47. The Kier molecular flexibility index (Phi) is 5.57. The van der Waals surface area contributed by atoms with Crippen LogP contribution in [0.4, 0.5) is 10.9 Å². The first-order valence-electron chi connectivity index (χ1n) is 7.67. The minimum atomic E-state index is -0.131. The highest BCUT2D eigenvalue weighted by molar-refractivity contribution is 7.98. The summed E-state index contributed by atoms with van der Waals surface area (Å²) >= 11 is 2.82. The van der Waals surface area contributed by atoms with E-state index in [2.05, 4.69) is 20.3 Å². The lowest BCUT2D eigenvalue weighted by Crippen LogP contribution is -2.20. The van der Waals surface area contributed by atoms with Crippen LogP contribution in [0.3, 0.4) is 0 Å². The zero-order valence-corrected chi connectivity index (χ0v) is 15.5. The van der Waals surface area contributed by atoms with E-state index in [1.54, 1.807) is 7.11 Å². The summed E-state index contributed by atoms with van der Waals surface area (Å²) in [4.78, 5) is 13.3. The molecule has 0 saturated carbocycles. The van der Waals surface area contributed by atoms with Gasteiger partial charge in [0, 0.05) is 17.4 Å². The normalized spacial score (nSPS) is 12.3. The summed E-state index contributed by atoms with van der Waals surface area (Å²) < 4.78 is 6.17. The lowest BCUT2D eigenvalue weighted by atomic mass is 10.2. The van der Waals surface area contributed by atoms with Gasteiger partial charge in [-0.15, -0.1) is 0 Å². The van der Waals surface area contributed by atoms with Gasteiger partial charge in [0.2, 0.25) is 0 Å². The molecule has 2 aromatic heterocycles. The van der Waals surface area contributed by atoms with Gasteiger partial charge in [-0.25, -0.2) is 15.0 Å². The molecule has 0 bridgehead atoms. The Morgan fingerprint density at radius 1 is 1.32 bits per heavy atom. The third-order valence-electron chi connectivity index (χ3n) is 3.46. The van der Waals surface area contributed by atoms with Crippen LogP contribution >= 0.6 is 23.1 Å². The van der Waals surface area contributed by atoms with Crippen LogP contribution in [0.1, 0.15) is 12.5 Å². The molecule has 25 heavy (non-hydrogen) atoms. The lowest BCUT2D eigenvalue weighted by Gasteiger charge is -2.13. The van der Waals surface area contributed by atoms with Crippen molar-refractivity contribution >= 4 is 44.4 Å². The molecule has 2 heterocycles. The van der Waals surface area contributed by atoms with Gasteiger partial charge in [-0.2, -0.15) is 0 Å². The molecule has 0 fully saturated rings. The van der Waals surface area contributed by atoms with Gasteiger partial charge in [-0.3, -0.25) is 0 Å². The number of hydrogen-bond acceptors (Lipinski definition) is 9. The molecule has 1 aromatic carbocycles. The molecular weight excluding hydrogens is 358 g/mol. The number of ether oxygens (including phenoxy) is 1. The molecule has 0 unspecified atom stereocenters. The monoisotopic (exact) mass is 377 g/mol. The number of rotatable bonds is 7. The molecule has 0 aliphatic heterocycles. The molecule has 0 saturated heterocycles. The van der Waals surface area contributed by atoms with Crippen molar-refractivity contribution in [3.05, 3.63) is 29.8 Å². The number of nitrogen functional groups attached to an aromatic ring is 1. The number of aliphatic hydroxyl groups excluding tert-OH is 1. The maximum absolute atomic E-state index is 9.29. The summed E-state index contributed by atoms with van der Waals surface area (Å²) in [6, 6.07) is 7.72. The first kappa shape index (κ1) is 17.7. The Labute approximate surface area is 153 Å². The van der Waals surface area contributed by atoms with Crippen molar-refractivity contribution in [1.29, 1.82) is 0 Å². The Morgan fingerprint density at radius 3 is 2.88 bits per heavy atom. The van der Waals surface area contributed by atoms with Crippen LogP contribution in [0, 0.1) is 0 Å². The van der Waals surface area contributed by atoms with E-state index in [4.69, 9.17) is 10.5 Å². The van der Waals surface area contributed by atoms with Crippen LogP contribution in [-0.4, -0.2) is 39.8 Å². The Morgan fingerprint density at radius 2 is 2.12 bits per heavy atom. The van der Waals surface area contributed by atoms with Gasteiger partial charge in [-0.1, -0.05) is 41.3 Å². The van der Waals surface area contributed by atoms with Crippen LogP contribution < -0.4 is 15.8 Å². The number of thioether (sulfide) groups is 1. The Balaban J connectivity index is 1.88. The molecule has 0 spiro atoms. The van der Waals surface area contributed by atoms with Gasteiger partial charge in [0.1, 0.15) is 10.4 Å². The van der Waals surface area contributed by atoms with E-state index in [1.807, 2.05) is 31.2 Å². The second kappa shape index (κ2) is 7.85. The SMILES string of the molecule is COc1ccccc1CSc1nc(N[C@H](C)CO)c2sc(N)nc2n1. The molecule has 0 radical (unpaired) electrons. The van der Waals surface area contributed by atoms with Gasteiger partial charge in [0.15, 0.2) is 21.8 Å². The average molecular weight is 377 g/mol. The molecule has 7 nitrogen and oxygen atoms in total. The molecule has 132 valence electrons. The quantitative estimate of drug-likeness (QED) is 0.426. The van der Waals surface area contributed by atoms with E-state index in [9.17, 15) is 5.11 Å². The molecule has 0 aliphatic rings. The maximum atomic E-state index is 9.29. The third-order valence-corrected chi connectivity index (χ3v) is 5.23.